The fraction of sp³-hybridized carbons (Fsp3) is 0.0769. The van der Waals surface area contributed by atoms with Gasteiger partial charge in [-0.15, -0.1) is 0 Å². The number of Topliss-reactive ketones (excluding diaryl/α,β-unsaturated/α-hetero) is 1. The molecule has 172 valence electrons. The Kier molecular flexibility index (Phi) is 5.99. The fourth-order valence-corrected chi connectivity index (χ4v) is 4.40. The summed E-state index contributed by atoms with van der Waals surface area (Å²) in [5, 5.41) is 10.3. The molecule has 2 heterocycles. The molecule has 0 amide bonds. The molecule has 0 unspecified atom stereocenters. The topological polar surface area (TPSA) is 115 Å². The fourth-order valence-electron chi connectivity index (χ4n) is 3.89. The molecule has 0 aliphatic heterocycles. The first kappa shape index (κ1) is 22.3. The summed E-state index contributed by atoms with van der Waals surface area (Å²) < 4.78 is 13.6. The molecule has 0 aliphatic rings. The maximum Gasteiger partial charge on any atom is 0.336 e. The van der Waals surface area contributed by atoms with Crippen molar-refractivity contribution in [3.05, 3.63) is 95.3 Å². The molecule has 0 fully saturated rings. The summed E-state index contributed by atoms with van der Waals surface area (Å²) in [5.41, 5.74) is 4.16. The summed E-state index contributed by atoms with van der Waals surface area (Å²) in [7, 11) is 1.54. The number of carbonyl (C=O) groups is 2. The first-order valence-electron chi connectivity index (χ1n) is 10.6. The van der Waals surface area contributed by atoms with Gasteiger partial charge >= 0.3 is 5.97 Å². The molecular weight excluding hydrogens is 464 g/mol. The average molecular weight is 483 g/mol. The highest BCUT2D eigenvalue weighted by Gasteiger charge is 2.24. The van der Waals surface area contributed by atoms with Gasteiger partial charge in [0.1, 0.15) is 16.8 Å². The summed E-state index contributed by atoms with van der Waals surface area (Å²) in [6.07, 6.45) is 3.28. The van der Waals surface area contributed by atoms with Gasteiger partial charge in [-0.1, -0.05) is 12.1 Å². The van der Waals surface area contributed by atoms with Crippen LogP contribution in [0.25, 0.3) is 27.6 Å². The quantitative estimate of drug-likeness (QED) is 0.264. The number of carbonyl (C=O) groups excluding carboxylic acids is 1. The van der Waals surface area contributed by atoms with Crippen LogP contribution in [0.2, 0.25) is 0 Å². The molecule has 5 rings (SSSR count). The van der Waals surface area contributed by atoms with E-state index < -0.39 is 5.97 Å². The third-order valence-corrected chi connectivity index (χ3v) is 6.16. The van der Waals surface area contributed by atoms with Crippen molar-refractivity contribution in [3.63, 3.8) is 0 Å². The second kappa shape index (κ2) is 9.40. The molecule has 3 aromatic carbocycles. The molecule has 9 heteroatoms. The number of ether oxygens (including phenoxy) is 1. The molecule has 8 nitrogen and oxygen atoms in total. The predicted octanol–water partition coefficient (Wildman–Crippen LogP) is 4.61. The van der Waals surface area contributed by atoms with Gasteiger partial charge in [-0.3, -0.25) is 14.8 Å². The molecule has 2 aromatic heterocycles. The lowest BCUT2D eigenvalue weighted by Crippen LogP contribution is -2.14. The maximum absolute atomic E-state index is 13.7. The number of methoxy groups -OCH3 is 1. The number of hydrogen-bond acceptors (Lipinski definition) is 8. The smallest absolute Gasteiger partial charge is 0.336 e. The third kappa shape index (κ3) is 4.49. The van der Waals surface area contributed by atoms with Crippen LogP contribution >= 0.6 is 11.7 Å². The average Bonchev–Trinajstić information content (AvgIpc) is 3.36. The highest BCUT2D eigenvalue weighted by Crippen LogP contribution is 2.29. The Morgan fingerprint density at radius 1 is 0.829 bits per heavy atom. The number of nitrogens with zero attached hydrogens (tertiary/aromatic N) is 4. The number of carboxylic acids is 1. The number of ketones is 1. The van der Waals surface area contributed by atoms with E-state index in [-0.39, 0.29) is 23.4 Å². The van der Waals surface area contributed by atoms with E-state index in [1.165, 1.54) is 7.11 Å². The summed E-state index contributed by atoms with van der Waals surface area (Å²) >= 11 is 1.05. The van der Waals surface area contributed by atoms with E-state index in [4.69, 9.17) is 4.74 Å². The number of fused-ring (bicyclic) bond motifs is 2. The Morgan fingerprint density at radius 3 is 2.26 bits per heavy atom. The molecule has 0 atom stereocenters. The number of rotatable bonds is 7. The summed E-state index contributed by atoms with van der Waals surface area (Å²) in [6.45, 7) is 0. The minimum Gasteiger partial charge on any atom is -0.497 e. The van der Waals surface area contributed by atoms with Crippen LogP contribution in [0.5, 0.6) is 5.75 Å². The Hall–Kier alpha value is -4.50. The SMILES string of the molecule is COc1ccc(C(=O)C(Cc2ccc3nccnc3c2)=C(C(=O)O)c2ccc3nsnc3c2)cc1. The Labute approximate surface area is 203 Å². The van der Waals surface area contributed by atoms with Crippen LogP contribution in [-0.2, 0) is 11.2 Å². The number of aromatic nitrogens is 4. The van der Waals surface area contributed by atoms with Gasteiger partial charge in [0.25, 0.3) is 0 Å². The minimum absolute atomic E-state index is 0.0834. The van der Waals surface area contributed by atoms with E-state index in [1.807, 2.05) is 12.1 Å². The van der Waals surface area contributed by atoms with Crippen molar-refractivity contribution in [1.82, 2.24) is 18.7 Å². The van der Waals surface area contributed by atoms with Gasteiger partial charge in [0.2, 0.25) is 0 Å². The van der Waals surface area contributed by atoms with Crippen LogP contribution < -0.4 is 4.74 Å². The van der Waals surface area contributed by atoms with Gasteiger partial charge in [-0.05, 0) is 59.7 Å². The van der Waals surface area contributed by atoms with Crippen LogP contribution in [0, 0.1) is 0 Å². The Bertz CT molecular complexity index is 1610. The highest BCUT2D eigenvalue weighted by molar-refractivity contribution is 7.00. The van der Waals surface area contributed by atoms with Gasteiger partial charge in [-0.2, -0.15) is 8.75 Å². The van der Waals surface area contributed by atoms with Gasteiger partial charge in [0.15, 0.2) is 5.78 Å². The number of aliphatic carboxylic acids is 1. The first-order valence-corrected chi connectivity index (χ1v) is 11.3. The van der Waals surface area contributed by atoms with Crippen molar-refractivity contribution in [2.45, 2.75) is 6.42 Å². The second-order valence-corrected chi connectivity index (χ2v) is 8.27. The maximum atomic E-state index is 13.7. The molecule has 5 aromatic rings. The number of carboxylic acid groups (broad SMARTS) is 1. The van der Waals surface area contributed by atoms with Gasteiger partial charge < -0.3 is 9.84 Å². The highest BCUT2D eigenvalue weighted by atomic mass is 32.1. The lowest BCUT2D eigenvalue weighted by Gasteiger charge is -2.14. The van der Waals surface area contributed by atoms with Crippen molar-refractivity contribution in [2.75, 3.05) is 7.11 Å². The van der Waals surface area contributed by atoms with E-state index >= 15 is 0 Å². The van der Waals surface area contributed by atoms with E-state index in [9.17, 15) is 14.7 Å². The van der Waals surface area contributed by atoms with Crippen molar-refractivity contribution < 1.29 is 19.4 Å². The monoisotopic (exact) mass is 482 g/mol. The second-order valence-electron chi connectivity index (χ2n) is 7.74. The van der Waals surface area contributed by atoms with Crippen LogP contribution in [0.4, 0.5) is 0 Å². The molecule has 0 saturated heterocycles. The number of allylic oxidation sites excluding steroid dienone is 1. The molecular formula is C26H18N4O4S. The molecule has 0 bridgehead atoms. The predicted molar refractivity (Wildman–Crippen MR) is 133 cm³/mol. The van der Waals surface area contributed by atoms with Gasteiger partial charge in [0.05, 0.1) is 35.4 Å². The summed E-state index contributed by atoms with van der Waals surface area (Å²) in [6, 6.07) is 17.0. The van der Waals surface area contributed by atoms with E-state index in [1.54, 1.807) is 60.9 Å². The molecule has 0 radical (unpaired) electrons. The van der Waals surface area contributed by atoms with Crippen molar-refractivity contribution >= 4 is 51.1 Å². The number of benzene rings is 3. The molecule has 35 heavy (non-hydrogen) atoms. The van der Waals surface area contributed by atoms with E-state index in [2.05, 4.69) is 18.7 Å². The van der Waals surface area contributed by atoms with Gasteiger partial charge in [0, 0.05) is 30.0 Å². The van der Waals surface area contributed by atoms with Crippen molar-refractivity contribution in [1.29, 1.82) is 0 Å². The molecule has 0 saturated carbocycles. The van der Waals surface area contributed by atoms with E-state index in [0.29, 0.717) is 38.9 Å². The lowest BCUT2D eigenvalue weighted by atomic mass is 9.89. The minimum atomic E-state index is -1.20. The molecule has 1 N–H and O–H groups in total. The third-order valence-electron chi connectivity index (χ3n) is 5.60. The largest absolute Gasteiger partial charge is 0.497 e. The van der Waals surface area contributed by atoms with Crippen LogP contribution in [0.3, 0.4) is 0 Å². The van der Waals surface area contributed by atoms with Gasteiger partial charge in [-0.25, -0.2) is 4.79 Å². The van der Waals surface area contributed by atoms with E-state index in [0.717, 1.165) is 17.3 Å². The van der Waals surface area contributed by atoms with Crippen LogP contribution in [-0.4, -0.2) is 42.7 Å². The van der Waals surface area contributed by atoms with Crippen molar-refractivity contribution in [2.24, 2.45) is 0 Å². The summed E-state index contributed by atoms with van der Waals surface area (Å²) in [5.74, 6) is -0.995. The zero-order valence-electron chi connectivity index (χ0n) is 18.5. The zero-order chi connectivity index (χ0) is 24.4. The van der Waals surface area contributed by atoms with Crippen LogP contribution in [0.1, 0.15) is 21.5 Å². The summed E-state index contributed by atoms with van der Waals surface area (Å²) in [4.78, 5) is 34.9. The normalized spacial score (nSPS) is 11.9. The first-order chi connectivity index (χ1) is 17.0. The Balaban J connectivity index is 1.68. The number of hydrogen-bond donors (Lipinski definition) is 1. The van der Waals surface area contributed by atoms with Crippen LogP contribution in [0.15, 0.2) is 78.6 Å². The lowest BCUT2D eigenvalue weighted by molar-refractivity contribution is -0.130. The molecule has 0 spiro atoms. The Morgan fingerprint density at radius 2 is 1.51 bits per heavy atom. The standard InChI is InChI=1S/C26H18N4O4S/c1-34-18-6-3-16(4-7-18)25(31)19(12-15-2-8-20-22(13-15)28-11-10-27-20)24(26(32)33)17-5-9-21-23(14-17)30-35-29-21/h2-11,13-14H,12H2,1H3,(H,32,33). The zero-order valence-corrected chi connectivity index (χ0v) is 19.3. The van der Waals surface area contributed by atoms with Crippen molar-refractivity contribution in [3.8, 4) is 5.75 Å². The molecule has 0 aliphatic carbocycles.